The van der Waals surface area contributed by atoms with Gasteiger partial charge in [-0.1, -0.05) is 25.0 Å². The lowest BCUT2D eigenvalue weighted by Gasteiger charge is -2.41. The maximum atomic E-state index is 11.9. The van der Waals surface area contributed by atoms with E-state index in [9.17, 15) is 9.59 Å². The Morgan fingerprint density at radius 3 is 2.82 bits per heavy atom. The van der Waals surface area contributed by atoms with E-state index in [-0.39, 0.29) is 22.7 Å². The molecule has 1 saturated heterocycles. The molecule has 118 valence electrons. The number of allylic oxidation sites excluding steroid dienone is 3. The standard InChI is InChI=1S/C18H23NO3/c1-3-22-16(21)12-15-18(10-7-13(20)8-11-18)14-6-4-5-9-17(14,2)19-15/h7-8,10-12,14,19H,3-6,9H2,1-2H3/b15-12-. The van der Waals surface area contributed by atoms with E-state index in [2.05, 4.69) is 12.2 Å². The molecule has 0 aromatic heterocycles. The molecule has 0 amide bonds. The molecule has 2 atom stereocenters. The van der Waals surface area contributed by atoms with Crippen LogP contribution in [-0.4, -0.2) is 23.9 Å². The fraction of sp³-hybridized carbons (Fsp3) is 0.556. The first-order valence-corrected chi connectivity index (χ1v) is 8.10. The fourth-order valence-corrected chi connectivity index (χ4v) is 4.28. The molecule has 0 aromatic carbocycles. The zero-order valence-electron chi connectivity index (χ0n) is 13.2. The smallest absolute Gasteiger partial charge is 0.332 e. The summed E-state index contributed by atoms with van der Waals surface area (Å²) in [4.78, 5) is 23.5. The molecule has 4 nitrogen and oxygen atoms in total. The largest absolute Gasteiger partial charge is 0.463 e. The van der Waals surface area contributed by atoms with Crippen LogP contribution in [0.4, 0.5) is 0 Å². The van der Waals surface area contributed by atoms with Crippen molar-refractivity contribution in [3.8, 4) is 0 Å². The third-order valence-electron chi connectivity index (χ3n) is 5.27. The number of esters is 1. The van der Waals surface area contributed by atoms with Crippen LogP contribution in [0.3, 0.4) is 0 Å². The molecule has 4 heteroatoms. The van der Waals surface area contributed by atoms with Crippen molar-refractivity contribution in [3.05, 3.63) is 36.1 Å². The van der Waals surface area contributed by atoms with E-state index in [0.717, 1.165) is 18.5 Å². The van der Waals surface area contributed by atoms with Gasteiger partial charge in [-0.15, -0.1) is 0 Å². The second-order valence-corrected chi connectivity index (χ2v) is 6.65. The first kappa shape index (κ1) is 15.1. The van der Waals surface area contributed by atoms with E-state index in [1.807, 2.05) is 12.2 Å². The Balaban J connectivity index is 2.04. The number of nitrogens with one attached hydrogen (secondary N) is 1. The summed E-state index contributed by atoms with van der Waals surface area (Å²) >= 11 is 0. The minimum absolute atomic E-state index is 0.00511. The zero-order chi connectivity index (χ0) is 15.8. The molecular formula is C18H23NO3. The second kappa shape index (κ2) is 5.41. The molecule has 22 heavy (non-hydrogen) atoms. The lowest BCUT2D eigenvalue weighted by molar-refractivity contribution is -0.137. The highest BCUT2D eigenvalue weighted by Crippen LogP contribution is 2.56. The van der Waals surface area contributed by atoms with Gasteiger partial charge in [0.25, 0.3) is 0 Å². The number of carbonyl (C=O) groups excluding carboxylic acids is 2. The summed E-state index contributed by atoms with van der Waals surface area (Å²) < 4.78 is 5.07. The van der Waals surface area contributed by atoms with Gasteiger partial charge in [-0.25, -0.2) is 4.79 Å². The molecule has 1 heterocycles. The van der Waals surface area contributed by atoms with E-state index in [1.165, 1.54) is 12.8 Å². The Kier molecular flexibility index (Phi) is 3.71. The Morgan fingerprint density at radius 2 is 2.14 bits per heavy atom. The van der Waals surface area contributed by atoms with E-state index in [0.29, 0.717) is 12.5 Å². The third-order valence-corrected chi connectivity index (χ3v) is 5.27. The molecule has 0 radical (unpaired) electrons. The van der Waals surface area contributed by atoms with Crippen LogP contribution in [0, 0.1) is 11.3 Å². The van der Waals surface area contributed by atoms with Gasteiger partial charge in [0.05, 0.1) is 12.0 Å². The van der Waals surface area contributed by atoms with Gasteiger partial charge in [-0.2, -0.15) is 0 Å². The van der Waals surface area contributed by atoms with Gasteiger partial charge in [0, 0.05) is 17.3 Å². The SMILES string of the molecule is CCOC(=O)/C=C1\NC2(C)CCCCC2C12C=CC(=O)C=C2. The summed E-state index contributed by atoms with van der Waals surface area (Å²) in [6.07, 6.45) is 13.3. The van der Waals surface area contributed by atoms with E-state index < -0.39 is 0 Å². The highest BCUT2D eigenvalue weighted by Gasteiger charge is 2.56. The molecule has 0 bridgehead atoms. The Bertz CT molecular complexity index is 571. The number of ether oxygens (including phenoxy) is 1. The number of ketones is 1. The molecule has 3 rings (SSSR count). The summed E-state index contributed by atoms with van der Waals surface area (Å²) in [5.41, 5.74) is 0.446. The van der Waals surface area contributed by atoms with Crippen molar-refractivity contribution in [1.29, 1.82) is 0 Å². The topological polar surface area (TPSA) is 55.4 Å². The summed E-state index contributed by atoms with van der Waals surface area (Å²) in [5.74, 6) is 0.0332. The number of hydrogen-bond donors (Lipinski definition) is 1. The monoisotopic (exact) mass is 301 g/mol. The molecule has 1 saturated carbocycles. The lowest BCUT2D eigenvalue weighted by Crippen LogP contribution is -2.45. The molecule has 2 fully saturated rings. The van der Waals surface area contributed by atoms with Gasteiger partial charge in [0.2, 0.25) is 0 Å². The van der Waals surface area contributed by atoms with Gasteiger partial charge >= 0.3 is 5.97 Å². The van der Waals surface area contributed by atoms with Crippen LogP contribution in [0.2, 0.25) is 0 Å². The van der Waals surface area contributed by atoms with Crippen molar-refractivity contribution in [3.63, 3.8) is 0 Å². The Labute approximate surface area is 131 Å². The van der Waals surface area contributed by atoms with Crippen molar-refractivity contribution < 1.29 is 14.3 Å². The highest BCUT2D eigenvalue weighted by atomic mass is 16.5. The highest BCUT2D eigenvalue weighted by molar-refractivity contribution is 6.00. The molecule has 1 aliphatic heterocycles. The van der Waals surface area contributed by atoms with E-state index in [1.54, 1.807) is 25.2 Å². The number of rotatable bonds is 2. The Hall–Kier alpha value is -1.84. The second-order valence-electron chi connectivity index (χ2n) is 6.65. The van der Waals surface area contributed by atoms with Crippen LogP contribution >= 0.6 is 0 Å². The van der Waals surface area contributed by atoms with Crippen LogP contribution in [0.5, 0.6) is 0 Å². The van der Waals surface area contributed by atoms with Gasteiger partial charge in [-0.05, 0) is 44.8 Å². The first-order valence-electron chi connectivity index (χ1n) is 8.10. The number of fused-ring (bicyclic) bond motifs is 2. The van der Waals surface area contributed by atoms with Crippen molar-refractivity contribution in [2.45, 2.75) is 45.1 Å². The summed E-state index contributed by atoms with van der Waals surface area (Å²) in [5, 5.41) is 3.58. The van der Waals surface area contributed by atoms with Crippen molar-refractivity contribution in [2.75, 3.05) is 6.61 Å². The maximum absolute atomic E-state index is 11.9. The van der Waals surface area contributed by atoms with Crippen LogP contribution in [0.25, 0.3) is 0 Å². The van der Waals surface area contributed by atoms with E-state index >= 15 is 0 Å². The normalized spacial score (nSPS) is 33.8. The van der Waals surface area contributed by atoms with Crippen molar-refractivity contribution in [2.24, 2.45) is 11.3 Å². The molecule has 1 spiro atoms. The first-order chi connectivity index (χ1) is 10.5. The fourth-order valence-electron chi connectivity index (χ4n) is 4.28. The lowest BCUT2D eigenvalue weighted by atomic mass is 9.62. The van der Waals surface area contributed by atoms with Crippen LogP contribution < -0.4 is 5.32 Å². The summed E-state index contributed by atoms with van der Waals surface area (Å²) in [7, 11) is 0. The predicted octanol–water partition coefficient (Wildman–Crippen LogP) is 2.67. The molecule has 0 aromatic rings. The zero-order valence-corrected chi connectivity index (χ0v) is 13.2. The molecule has 2 aliphatic carbocycles. The maximum Gasteiger partial charge on any atom is 0.332 e. The van der Waals surface area contributed by atoms with Gasteiger partial charge < -0.3 is 10.1 Å². The number of hydrogen-bond acceptors (Lipinski definition) is 4. The minimum Gasteiger partial charge on any atom is -0.463 e. The van der Waals surface area contributed by atoms with Gasteiger partial charge in [-0.3, -0.25) is 4.79 Å². The molecule has 1 N–H and O–H groups in total. The minimum atomic E-state index is -0.379. The van der Waals surface area contributed by atoms with Crippen molar-refractivity contribution in [1.82, 2.24) is 5.32 Å². The van der Waals surface area contributed by atoms with E-state index in [4.69, 9.17) is 4.74 Å². The molecular weight excluding hydrogens is 278 g/mol. The van der Waals surface area contributed by atoms with Gasteiger partial charge in [0.15, 0.2) is 5.78 Å². The van der Waals surface area contributed by atoms with Crippen LogP contribution in [0.15, 0.2) is 36.1 Å². The van der Waals surface area contributed by atoms with Gasteiger partial charge in [0.1, 0.15) is 0 Å². The molecule has 2 unspecified atom stereocenters. The average molecular weight is 301 g/mol. The quantitative estimate of drug-likeness (QED) is 0.629. The molecule has 3 aliphatic rings. The van der Waals surface area contributed by atoms with Crippen LogP contribution in [-0.2, 0) is 14.3 Å². The Morgan fingerprint density at radius 1 is 1.41 bits per heavy atom. The predicted molar refractivity (Wildman–Crippen MR) is 83.9 cm³/mol. The summed E-state index contributed by atoms with van der Waals surface area (Å²) in [6, 6.07) is 0. The van der Waals surface area contributed by atoms with Crippen molar-refractivity contribution >= 4 is 11.8 Å². The third kappa shape index (κ3) is 2.31. The number of carbonyl (C=O) groups is 2. The summed E-state index contributed by atoms with van der Waals surface area (Å²) in [6.45, 7) is 4.39. The average Bonchev–Trinajstić information content (AvgIpc) is 2.71. The van der Waals surface area contributed by atoms with Crippen LogP contribution in [0.1, 0.15) is 39.5 Å².